The average Bonchev–Trinajstić information content (AvgIpc) is 2.95. The largest absolute Gasteiger partial charge is 0.481 e. The summed E-state index contributed by atoms with van der Waals surface area (Å²) in [5.41, 5.74) is -1.23. The van der Waals surface area contributed by atoms with Crippen molar-refractivity contribution < 1.29 is 23.1 Å². The van der Waals surface area contributed by atoms with Crippen molar-refractivity contribution in [2.75, 3.05) is 19.8 Å². The second-order valence-corrected chi connectivity index (χ2v) is 6.67. The maximum Gasteiger partial charge on any atom is 0.313 e. The van der Waals surface area contributed by atoms with E-state index in [9.17, 15) is 18.3 Å². The predicted octanol–water partition coefficient (Wildman–Crippen LogP) is -0.542. The van der Waals surface area contributed by atoms with Crippen molar-refractivity contribution in [2.45, 2.75) is 31.3 Å². The van der Waals surface area contributed by atoms with E-state index >= 15 is 0 Å². The summed E-state index contributed by atoms with van der Waals surface area (Å²) < 4.78 is 33.2. The zero-order chi connectivity index (χ0) is 15.5. The lowest BCUT2D eigenvalue weighted by molar-refractivity contribution is -0.156. The summed E-state index contributed by atoms with van der Waals surface area (Å²) in [6.45, 7) is 2.36. The third kappa shape index (κ3) is 3.22. The Balaban J connectivity index is 2.15. The second-order valence-electron chi connectivity index (χ2n) is 4.95. The van der Waals surface area contributed by atoms with Gasteiger partial charge in [-0.05, 0) is 19.8 Å². The molecule has 9 nitrogen and oxygen atoms in total. The van der Waals surface area contributed by atoms with Crippen LogP contribution in [0, 0.1) is 5.41 Å². The molecule has 1 unspecified atom stereocenters. The molecule has 1 aromatic heterocycles. The van der Waals surface area contributed by atoms with Gasteiger partial charge in [0.2, 0.25) is 0 Å². The van der Waals surface area contributed by atoms with Crippen molar-refractivity contribution in [3.8, 4) is 0 Å². The monoisotopic (exact) mass is 318 g/mol. The molecule has 2 heterocycles. The van der Waals surface area contributed by atoms with Crippen molar-refractivity contribution in [1.82, 2.24) is 19.7 Å². The summed E-state index contributed by atoms with van der Waals surface area (Å²) in [5.74, 6) is -1.06. The van der Waals surface area contributed by atoms with E-state index in [4.69, 9.17) is 4.74 Å². The molecule has 0 amide bonds. The van der Waals surface area contributed by atoms with Gasteiger partial charge in [0.25, 0.3) is 10.0 Å². The molecule has 118 valence electrons. The van der Waals surface area contributed by atoms with E-state index in [2.05, 4.69) is 15.0 Å². The van der Waals surface area contributed by atoms with Gasteiger partial charge in [-0.15, -0.1) is 5.10 Å². The molecule has 2 N–H and O–H groups in total. The van der Waals surface area contributed by atoms with Gasteiger partial charge in [0.15, 0.2) is 5.03 Å². The Hall–Kier alpha value is -1.52. The Kier molecular flexibility index (Phi) is 4.59. The van der Waals surface area contributed by atoms with Gasteiger partial charge >= 0.3 is 5.97 Å². The number of carbonyl (C=O) groups is 1. The van der Waals surface area contributed by atoms with Crippen LogP contribution in [-0.4, -0.2) is 54.2 Å². The molecule has 0 spiro atoms. The summed E-state index contributed by atoms with van der Waals surface area (Å²) >= 11 is 0. The fourth-order valence-electron chi connectivity index (χ4n) is 2.22. The van der Waals surface area contributed by atoms with Crippen LogP contribution in [0.25, 0.3) is 0 Å². The number of nitrogens with one attached hydrogen (secondary N) is 1. The lowest BCUT2D eigenvalue weighted by Crippen LogP contribution is -2.48. The number of aliphatic carboxylic acids is 1. The van der Waals surface area contributed by atoms with Crippen LogP contribution in [0.3, 0.4) is 0 Å². The van der Waals surface area contributed by atoms with E-state index in [0.29, 0.717) is 26.0 Å². The number of aryl methyl sites for hydroxylation is 1. The summed E-state index contributed by atoms with van der Waals surface area (Å²) in [6.07, 6.45) is 2.09. The molecule has 1 aliphatic heterocycles. The van der Waals surface area contributed by atoms with Crippen LogP contribution in [-0.2, 0) is 26.1 Å². The number of carboxylic acids is 1. The summed E-state index contributed by atoms with van der Waals surface area (Å²) in [7, 11) is -3.86. The summed E-state index contributed by atoms with van der Waals surface area (Å²) in [5, 5.41) is 16.5. The van der Waals surface area contributed by atoms with Gasteiger partial charge in [-0.3, -0.25) is 4.79 Å². The molecule has 0 aromatic carbocycles. The zero-order valence-electron chi connectivity index (χ0n) is 11.7. The second kappa shape index (κ2) is 6.08. The Bertz CT molecular complexity index is 606. The van der Waals surface area contributed by atoms with E-state index in [0.717, 1.165) is 6.20 Å². The molecule has 0 aliphatic carbocycles. The Morgan fingerprint density at radius 2 is 2.38 bits per heavy atom. The molecule has 10 heteroatoms. The molecule has 2 rings (SSSR count). The van der Waals surface area contributed by atoms with Gasteiger partial charge in [0.1, 0.15) is 5.41 Å². The first-order valence-corrected chi connectivity index (χ1v) is 8.09. The fourth-order valence-corrected chi connectivity index (χ4v) is 3.46. The van der Waals surface area contributed by atoms with Crippen LogP contribution in [0.5, 0.6) is 0 Å². The van der Waals surface area contributed by atoms with Crippen molar-refractivity contribution >= 4 is 16.0 Å². The third-order valence-electron chi connectivity index (χ3n) is 3.53. The maximum atomic E-state index is 12.2. The van der Waals surface area contributed by atoms with Crippen molar-refractivity contribution in [1.29, 1.82) is 0 Å². The number of ether oxygens (including phenoxy) is 1. The SMILES string of the molecule is CCn1nncc1S(=O)(=O)NCC1(C(=O)O)CCCOC1. The van der Waals surface area contributed by atoms with Crippen LogP contribution in [0.15, 0.2) is 11.2 Å². The van der Waals surface area contributed by atoms with E-state index < -0.39 is 21.4 Å². The van der Waals surface area contributed by atoms with Crippen LogP contribution >= 0.6 is 0 Å². The number of nitrogens with zero attached hydrogens (tertiary/aromatic N) is 3. The Morgan fingerprint density at radius 3 is 2.95 bits per heavy atom. The van der Waals surface area contributed by atoms with Crippen molar-refractivity contribution in [3.05, 3.63) is 6.20 Å². The first kappa shape index (κ1) is 15.9. The molecule has 0 saturated carbocycles. The molecule has 21 heavy (non-hydrogen) atoms. The quantitative estimate of drug-likeness (QED) is 0.721. The van der Waals surface area contributed by atoms with Gasteiger partial charge < -0.3 is 9.84 Å². The Labute approximate surface area is 122 Å². The molecule has 1 aliphatic rings. The standard InChI is InChI=1S/C11H18N4O5S/c1-2-15-9(6-12-14-15)21(18,19)13-7-11(10(16)17)4-3-5-20-8-11/h6,13H,2-5,7-8H2,1H3,(H,16,17). The first-order chi connectivity index (χ1) is 9.91. The van der Waals surface area contributed by atoms with Crippen molar-refractivity contribution in [3.63, 3.8) is 0 Å². The predicted molar refractivity (Wildman–Crippen MR) is 71.0 cm³/mol. The highest BCUT2D eigenvalue weighted by atomic mass is 32.2. The van der Waals surface area contributed by atoms with Crippen LogP contribution in [0.4, 0.5) is 0 Å². The molecular formula is C11H18N4O5S. The van der Waals surface area contributed by atoms with E-state index in [1.54, 1.807) is 6.92 Å². The first-order valence-electron chi connectivity index (χ1n) is 6.60. The minimum absolute atomic E-state index is 0.00383. The summed E-state index contributed by atoms with van der Waals surface area (Å²) in [4.78, 5) is 11.5. The van der Waals surface area contributed by atoms with Gasteiger partial charge in [0, 0.05) is 19.7 Å². The fraction of sp³-hybridized carbons (Fsp3) is 0.727. The number of aromatic nitrogens is 3. The van der Waals surface area contributed by atoms with E-state index in [1.807, 2.05) is 0 Å². The van der Waals surface area contributed by atoms with Gasteiger partial charge in [0.05, 0.1) is 12.8 Å². The molecule has 1 fully saturated rings. The lowest BCUT2D eigenvalue weighted by atomic mass is 9.83. The third-order valence-corrected chi connectivity index (χ3v) is 4.92. The molecule has 0 bridgehead atoms. The average molecular weight is 318 g/mol. The summed E-state index contributed by atoms with van der Waals surface area (Å²) in [6, 6.07) is 0. The van der Waals surface area contributed by atoms with Crippen LogP contribution in [0.2, 0.25) is 0 Å². The highest BCUT2D eigenvalue weighted by Gasteiger charge is 2.41. The topological polar surface area (TPSA) is 123 Å². The highest BCUT2D eigenvalue weighted by molar-refractivity contribution is 7.89. The number of carboxylic acid groups (broad SMARTS) is 1. The van der Waals surface area contributed by atoms with Gasteiger partial charge in [-0.25, -0.2) is 17.8 Å². The van der Waals surface area contributed by atoms with E-state index in [1.165, 1.54) is 4.68 Å². The normalized spacial score (nSPS) is 23.1. The molecular weight excluding hydrogens is 300 g/mol. The minimum atomic E-state index is -3.86. The van der Waals surface area contributed by atoms with Crippen LogP contribution in [0.1, 0.15) is 19.8 Å². The Morgan fingerprint density at radius 1 is 1.62 bits per heavy atom. The van der Waals surface area contributed by atoms with Gasteiger partial charge in [-0.1, -0.05) is 5.21 Å². The van der Waals surface area contributed by atoms with Gasteiger partial charge in [-0.2, -0.15) is 0 Å². The molecule has 1 aromatic rings. The van der Waals surface area contributed by atoms with Crippen molar-refractivity contribution in [2.24, 2.45) is 5.41 Å². The number of hydrogen-bond acceptors (Lipinski definition) is 6. The maximum absolute atomic E-state index is 12.2. The minimum Gasteiger partial charge on any atom is -0.481 e. The highest BCUT2D eigenvalue weighted by Crippen LogP contribution is 2.28. The lowest BCUT2D eigenvalue weighted by Gasteiger charge is -2.32. The molecule has 1 saturated heterocycles. The number of rotatable bonds is 6. The number of hydrogen-bond donors (Lipinski definition) is 2. The number of sulfonamides is 1. The van der Waals surface area contributed by atoms with E-state index in [-0.39, 0.29) is 18.2 Å². The molecule has 1 atom stereocenters. The molecule has 0 radical (unpaired) electrons. The zero-order valence-corrected chi connectivity index (χ0v) is 12.5. The smallest absolute Gasteiger partial charge is 0.313 e. The van der Waals surface area contributed by atoms with Crippen LogP contribution < -0.4 is 4.72 Å².